The Labute approximate surface area is 120 Å². The molecule has 0 spiro atoms. The van der Waals surface area contributed by atoms with Crippen LogP contribution in [0, 0.1) is 5.95 Å². The number of pyridine rings is 1. The highest BCUT2D eigenvalue weighted by molar-refractivity contribution is 5.94. The van der Waals surface area contributed by atoms with Crippen LogP contribution in [0.15, 0.2) is 42.6 Å². The summed E-state index contributed by atoms with van der Waals surface area (Å²) in [5, 5.41) is 11.4. The Bertz CT molecular complexity index is 673. The van der Waals surface area contributed by atoms with Crippen LogP contribution in [0.1, 0.15) is 21.5 Å². The Morgan fingerprint density at radius 2 is 1.86 bits per heavy atom. The maximum Gasteiger partial charge on any atom is 0.307 e. The van der Waals surface area contributed by atoms with Gasteiger partial charge in [-0.25, -0.2) is 4.98 Å². The van der Waals surface area contributed by atoms with Gasteiger partial charge in [-0.2, -0.15) is 4.39 Å². The lowest BCUT2D eigenvalue weighted by Gasteiger charge is -2.09. The maximum absolute atomic E-state index is 13.4. The summed E-state index contributed by atoms with van der Waals surface area (Å²) in [5.41, 5.74) is 1.14. The van der Waals surface area contributed by atoms with Gasteiger partial charge in [-0.3, -0.25) is 9.59 Å². The Balaban J connectivity index is 2.08. The Kier molecular flexibility index (Phi) is 4.61. The second-order valence-electron chi connectivity index (χ2n) is 4.36. The number of rotatable bonds is 5. The molecule has 0 atom stereocenters. The molecule has 1 aromatic carbocycles. The third-order valence-electron chi connectivity index (χ3n) is 2.90. The number of nitrogens with one attached hydrogen (secondary N) is 1. The molecule has 1 heterocycles. The summed E-state index contributed by atoms with van der Waals surface area (Å²) in [4.78, 5) is 26.1. The molecule has 0 aliphatic rings. The molecule has 2 aromatic rings. The second kappa shape index (κ2) is 6.60. The van der Waals surface area contributed by atoms with Gasteiger partial charge in [0.1, 0.15) is 0 Å². The van der Waals surface area contributed by atoms with Gasteiger partial charge >= 0.3 is 5.97 Å². The van der Waals surface area contributed by atoms with E-state index < -0.39 is 17.8 Å². The molecule has 0 saturated carbocycles. The first-order chi connectivity index (χ1) is 10.1. The van der Waals surface area contributed by atoms with Crippen molar-refractivity contribution in [3.05, 3.63) is 65.2 Å². The van der Waals surface area contributed by atoms with Gasteiger partial charge in [0.15, 0.2) is 0 Å². The van der Waals surface area contributed by atoms with Gasteiger partial charge in [0.05, 0.1) is 12.0 Å². The van der Waals surface area contributed by atoms with E-state index in [1.807, 2.05) is 0 Å². The van der Waals surface area contributed by atoms with E-state index in [0.717, 1.165) is 0 Å². The minimum Gasteiger partial charge on any atom is -0.481 e. The van der Waals surface area contributed by atoms with Crippen molar-refractivity contribution in [2.45, 2.75) is 13.0 Å². The van der Waals surface area contributed by atoms with Crippen molar-refractivity contribution in [2.24, 2.45) is 0 Å². The normalized spacial score (nSPS) is 10.1. The molecule has 0 radical (unpaired) electrons. The summed E-state index contributed by atoms with van der Waals surface area (Å²) in [6, 6.07) is 9.68. The van der Waals surface area contributed by atoms with Crippen molar-refractivity contribution in [3.63, 3.8) is 0 Å². The van der Waals surface area contributed by atoms with Crippen LogP contribution in [0.4, 0.5) is 4.39 Å². The molecule has 108 valence electrons. The first-order valence-corrected chi connectivity index (χ1v) is 6.25. The lowest BCUT2D eigenvalue weighted by Crippen LogP contribution is -2.25. The van der Waals surface area contributed by atoms with Gasteiger partial charge in [0.25, 0.3) is 5.91 Å². The van der Waals surface area contributed by atoms with Crippen LogP contribution in [-0.4, -0.2) is 22.0 Å². The van der Waals surface area contributed by atoms with E-state index >= 15 is 0 Å². The van der Waals surface area contributed by atoms with Crippen molar-refractivity contribution < 1.29 is 19.1 Å². The zero-order valence-electron chi connectivity index (χ0n) is 11.0. The molecular formula is C15H13FN2O3. The average molecular weight is 288 g/mol. The van der Waals surface area contributed by atoms with Crippen molar-refractivity contribution in [3.8, 4) is 0 Å². The summed E-state index contributed by atoms with van der Waals surface area (Å²) in [7, 11) is 0. The van der Waals surface area contributed by atoms with Crippen LogP contribution in [0.2, 0.25) is 0 Å². The summed E-state index contributed by atoms with van der Waals surface area (Å²) < 4.78 is 13.4. The van der Waals surface area contributed by atoms with E-state index in [1.54, 1.807) is 24.3 Å². The zero-order valence-corrected chi connectivity index (χ0v) is 11.0. The number of carbonyl (C=O) groups is 2. The van der Waals surface area contributed by atoms with Crippen LogP contribution in [-0.2, 0) is 17.8 Å². The summed E-state index contributed by atoms with van der Waals surface area (Å²) in [5.74, 6) is -2.38. The molecule has 2 N–H and O–H groups in total. The summed E-state index contributed by atoms with van der Waals surface area (Å²) >= 11 is 0. The van der Waals surface area contributed by atoms with Crippen LogP contribution in [0.25, 0.3) is 0 Å². The van der Waals surface area contributed by atoms with Gasteiger partial charge in [-0.05, 0) is 23.3 Å². The number of carboxylic acids is 1. The first-order valence-electron chi connectivity index (χ1n) is 6.25. The molecule has 0 saturated heterocycles. The number of aliphatic carboxylic acids is 1. The van der Waals surface area contributed by atoms with Crippen LogP contribution < -0.4 is 5.32 Å². The fraction of sp³-hybridized carbons (Fsp3) is 0.133. The SMILES string of the molecule is O=C(O)Cc1ccccc1CNC(=O)c1cccnc1F. The summed E-state index contributed by atoms with van der Waals surface area (Å²) in [6.07, 6.45) is 1.13. The van der Waals surface area contributed by atoms with Gasteiger partial charge in [0.2, 0.25) is 5.95 Å². The molecule has 0 aliphatic carbocycles. The lowest BCUT2D eigenvalue weighted by molar-refractivity contribution is -0.136. The number of carboxylic acid groups (broad SMARTS) is 1. The Morgan fingerprint density at radius 1 is 1.14 bits per heavy atom. The zero-order chi connectivity index (χ0) is 15.2. The Hall–Kier alpha value is -2.76. The molecular weight excluding hydrogens is 275 g/mol. The number of carbonyl (C=O) groups excluding carboxylic acids is 1. The van der Waals surface area contributed by atoms with Crippen molar-refractivity contribution in [1.29, 1.82) is 0 Å². The topological polar surface area (TPSA) is 79.3 Å². The van der Waals surface area contributed by atoms with E-state index in [9.17, 15) is 14.0 Å². The third-order valence-corrected chi connectivity index (χ3v) is 2.90. The van der Waals surface area contributed by atoms with Crippen molar-refractivity contribution in [2.75, 3.05) is 0 Å². The first kappa shape index (κ1) is 14.6. The summed E-state index contributed by atoms with van der Waals surface area (Å²) in [6.45, 7) is 0.122. The number of halogens is 1. The van der Waals surface area contributed by atoms with Crippen LogP contribution in [0.3, 0.4) is 0 Å². The van der Waals surface area contributed by atoms with E-state index in [1.165, 1.54) is 18.3 Å². The number of hydrogen-bond donors (Lipinski definition) is 2. The highest BCUT2D eigenvalue weighted by Crippen LogP contribution is 2.10. The second-order valence-corrected chi connectivity index (χ2v) is 4.36. The Morgan fingerprint density at radius 3 is 2.52 bits per heavy atom. The van der Waals surface area contributed by atoms with Gasteiger partial charge < -0.3 is 10.4 Å². The lowest BCUT2D eigenvalue weighted by atomic mass is 10.0. The molecule has 6 heteroatoms. The monoisotopic (exact) mass is 288 g/mol. The highest BCUT2D eigenvalue weighted by Gasteiger charge is 2.12. The van der Waals surface area contributed by atoms with Crippen molar-refractivity contribution >= 4 is 11.9 Å². The minimum absolute atomic E-state index is 0.122. The van der Waals surface area contributed by atoms with E-state index in [-0.39, 0.29) is 18.5 Å². The van der Waals surface area contributed by atoms with E-state index in [4.69, 9.17) is 5.11 Å². The highest BCUT2D eigenvalue weighted by atomic mass is 19.1. The number of nitrogens with zero attached hydrogens (tertiary/aromatic N) is 1. The maximum atomic E-state index is 13.4. The quantitative estimate of drug-likeness (QED) is 0.822. The smallest absolute Gasteiger partial charge is 0.307 e. The van der Waals surface area contributed by atoms with E-state index in [2.05, 4.69) is 10.3 Å². The molecule has 0 fully saturated rings. The standard InChI is InChI=1S/C15H13FN2O3/c16-14-12(6-3-7-17-14)15(21)18-9-11-5-2-1-4-10(11)8-13(19)20/h1-7H,8-9H2,(H,18,21)(H,19,20). The minimum atomic E-state index is -0.952. The van der Waals surface area contributed by atoms with Gasteiger partial charge in [-0.1, -0.05) is 24.3 Å². The van der Waals surface area contributed by atoms with Crippen LogP contribution in [0.5, 0.6) is 0 Å². The molecule has 0 bridgehead atoms. The number of aromatic nitrogens is 1. The predicted molar refractivity (Wildman–Crippen MR) is 73.1 cm³/mol. The van der Waals surface area contributed by atoms with Crippen LogP contribution >= 0.6 is 0 Å². The third kappa shape index (κ3) is 3.85. The fourth-order valence-electron chi connectivity index (χ4n) is 1.89. The molecule has 1 aromatic heterocycles. The molecule has 2 rings (SSSR count). The predicted octanol–water partition coefficient (Wildman–Crippen LogP) is 1.78. The van der Waals surface area contributed by atoms with E-state index in [0.29, 0.717) is 11.1 Å². The number of hydrogen-bond acceptors (Lipinski definition) is 3. The largest absolute Gasteiger partial charge is 0.481 e. The van der Waals surface area contributed by atoms with Gasteiger partial charge in [0, 0.05) is 12.7 Å². The molecule has 21 heavy (non-hydrogen) atoms. The fourth-order valence-corrected chi connectivity index (χ4v) is 1.89. The number of benzene rings is 1. The molecule has 0 aliphatic heterocycles. The average Bonchev–Trinajstić information content (AvgIpc) is 2.46. The van der Waals surface area contributed by atoms with Crippen molar-refractivity contribution in [1.82, 2.24) is 10.3 Å². The van der Waals surface area contributed by atoms with Gasteiger partial charge in [-0.15, -0.1) is 0 Å². The number of amides is 1. The molecule has 1 amide bonds. The molecule has 5 nitrogen and oxygen atoms in total. The molecule has 0 unspecified atom stereocenters.